The molecule has 0 saturated carbocycles. The quantitative estimate of drug-likeness (QED) is 0.778. The van der Waals surface area contributed by atoms with Gasteiger partial charge in [0.25, 0.3) is 6.43 Å². The van der Waals surface area contributed by atoms with Gasteiger partial charge in [0, 0.05) is 0 Å². The number of hydrogen-bond acceptors (Lipinski definition) is 2. The molecular formula is C7H5Br2F2NO. The van der Waals surface area contributed by atoms with Crippen molar-refractivity contribution in [3.8, 4) is 5.75 Å². The third kappa shape index (κ3) is 2.37. The number of methoxy groups -OCH3 is 1. The Hall–Kier alpha value is -0.230. The van der Waals surface area contributed by atoms with Crippen molar-refractivity contribution >= 4 is 31.9 Å². The Kier molecular flexibility index (Phi) is 3.61. The Morgan fingerprint density at radius 3 is 2.54 bits per heavy atom. The molecule has 2 nitrogen and oxygen atoms in total. The smallest absolute Gasteiger partial charge is 0.284 e. The van der Waals surface area contributed by atoms with Gasteiger partial charge in [0.1, 0.15) is 4.60 Å². The van der Waals surface area contributed by atoms with E-state index in [2.05, 4.69) is 36.8 Å². The maximum Gasteiger partial charge on any atom is 0.284 e. The summed E-state index contributed by atoms with van der Waals surface area (Å²) in [6.45, 7) is 0. The summed E-state index contributed by atoms with van der Waals surface area (Å²) in [5.41, 5.74) is -0.372. The number of hydrogen-bond donors (Lipinski definition) is 0. The fourth-order valence-electron chi connectivity index (χ4n) is 0.841. The number of ether oxygens (including phenoxy) is 1. The second-order valence-electron chi connectivity index (χ2n) is 2.15. The molecule has 1 aromatic heterocycles. The molecule has 0 aliphatic rings. The standard InChI is InChI=1S/C7H5Br2F2NO/c1-13-6-3(8)2-4(9)12-5(6)7(10)11/h2,7H,1H3. The van der Waals surface area contributed by atoms with Gasteiger partial charge in [-0.25, -0.2) is 13.8 Å². The van der Waals surface area contributed by atoms with Crippen molar-refractivity contribution in [2.45, 2.75) is 6.43 Å². The summed E-state index contributed by atoms with van der Waals surface area (Å²) in [6, 6.07) is 1.55. The Morgan fingerprint density at radius 2 is 2.08 bits per heavy atom. The first kappa shape index (κ1) is 10.8. The Bertz CT molecular complexity index is 320. The van der Waals surface area contributed by atoms with E-state index in [-0.39, 0.29) is 11.4 Å². The van der Waals surface area contributed by atoms with Crippen molar-refractivity contribution in [1.82, 2.24) is 4.98 Å². The van der Waals surface area contributed by atoms with Crippen molar-refractivity contribution in [3.05, 3.63) is 20.8 Å². The van der Waals surface area contributed by atoms with E-state index in [0.717, 1.165) is 0 Å². The Morgan fingerprint density at radius 1 is 1.46 bits per heavy atom. The first-order chi connectivity index (χ1) is 6.06. The summed E-state index contributed by atoms with van der Waals surface area (Å²) in [5.74, 6) is 0.0678. The van der Waals surface area contributed by atoms with Gasteiger partial charge in [0.2, 0.25) is 0 Å². The molecule has 0 atom stereocenters. The average molecular weight is 317 g/mol. The Balaban J connectivity index is 3.29. The summed E-state index contributed by atoms with van der Waals surface area (Å²) in [4.78, 5) is 3.62. The molecule has 0 saturated heterocycles. The molecule has 0 spiro atoms. The van der Waals surface area contributed by atoms with Crippen LogP contribution in [0.4, 0.5) is 8.78 Å². The molecule has 1 heterocycles. The van der Waals surface area contributed by atoms with Gasteiger partial charge in [-0.2, -0.15) is 0 Å². The average Bonchev–Trinajstić information content (AvgIpc) is 2.02. The number of alkyl halides is 2. The molecule has 0 bridgehead atoms. The highest BCUT2D eigenvalue weighted by atomic mass is 79.9. The maximum absolute atomic E-state index is 12.4. The summed E-state index contributed by atoms with van der Waals surface area (Å²) >= 11 is 6.11. The van der Waals surface area contributed by atoms with Crippen LogP contribution in [0.2, 0.25) is 0 Å². The van der Waals surface area contributed by atoms with Crippen LogP contribution < -0.4 is 4.74 Å². The molecular weight excluding hydrogens is 312 g/mol. The summed E-state index contributed by atoms with van der Waals surface area (Å²) in [5, 5.41) is 0. The highest BCUT2D eigenvalue weighted by Crippen LogP contribution is 2.35. The topological polar surface area (TPSA) is 22.1 Å². The van der Waals surface area contributed by atoms with Crippen LogP contribution >= 0.6 is 31.9 Å². The van der Waals surface area contributed by atoms with E-state index in [1.807, 2.05) is 0 Å². The van der Waals surface area contributed by atoms with Gasteiger partial charge in [-0.15, -0.1) is 0 Å². The minimum atomic E-state index is -2.65. The lowest BCUT2D eigenvalue weighted by Crippen LogP contribution is -1.97. The van der Waals surface area contributed by atoms with Crippen LogP contribution in [-0.4, -0.2) is 12.1 Å². The van der Waals surface area contributed by atoms with E-state index in [1.165, 1.54) is 7.11 Å². The molecule has 0 unspecified atom stereocenters. The number of nitrogens with zero attached hydrogens (tertiary/aromatic N) is 1. The van der Waals surface area contributed by atoms with E-state index in [1.54, 1.807) is 6.07 Å². The van der Waals surface area contributed by atoms with Gasteiger partial charge in [-0.3, -0.25) is 0 Å². The van der Waals surface area contributed by atoms with Crippen LogP contribution in [0, 0.1) is 0 Å². The maximum atomic E-state index is 12.4. The van der Waals surface area contributed by atoms with Gasteiger partial charge in [0.05, 0.1) is 11.6 Å². The second kappa shape index (κ2) is 4.32. The number of pyridine rings is 1. The molecule has 0 fully saturated rings. The third-order valence-corrected chi connectivity index (χ3v) is 2.33. The first-order valence-electron chi connectivity index (χ1n) is 3.24. The molecule has 1 rings (SSSR count). The lowest BCUT2D eigenvalue weighted by Gasteiger charge is -2.08. The van der Waals surface area contributed by atoms with Crippen molar-refractivity contribution in [3.63, 3.8) is 0 Å². The van der Waals surface area contributed by atoms with Crippen LogP contribution in [0.5, 0.6) is 5.75 Å². The summed E-state index contributed by atoms with van der Waals surface area (Å²) in [7, 11) is 1.32. The van der Waals surface area contributed by atoms with Crippen LogP contribution in [0.25, 0.3) is 0 Å². The minimum absolute atomic E-state index is 0.0678. The highest BCUT2D eigenvalue weighted by molar-refractivity contribution is 9.11. The molecule has 0 amide bonds. The van der Waals surface area contributed by atoms with Crippen molar-refractivity contribution < 1.29 is 13.5 Å². The molecule has 1 aromatic rings. The predicted molar refractivity (Wildman–Crippen MR) is 51.1 cm³/mol. The van der Waals surface area contributed by atoms with Gasteiger partial charge in [0.15, 0.2) is 11.4 Å². The molecule has 0 N–H and O–H groups in total. The Labute approximate surface area is 90.6 Å². The SMILES string of the molecule is COc1c(Br)cc(Br)nc1C(F)F. The zero-order valence-electron chi connectivity index (χ0n) is 6.52. The number of rotatable bonds is 2. The summed E-state index contributed by atoms with van der Waals surface area (Å²) in [6.07, 6.45) is -2.65. The van der Waals surface area contributed by atoms with E-state index in [9.17, 15) is 8.78 Å². The first-order valence-corrected chi connectivity index (χ1v) is 4.83. The van der Waals surface area contributed by atoms with Crippen LogP contribution in [0.1, 0.15) is 12.1 Å². The fraction of sp³-hybridized carbons (Fsp3) is 0.286. The monoisotopic (exact) mass is 315 g/mol. The van der Waals surface area contributed by atoms with Crippen molar-refractivity contribution in [1.29, 1.82) is 0 Å². The number of halogens is 4. The minimum Gasteiger partial charge on any atom is -0.493 e. The molecule has 72 valence electrons. The van der Waals surface area contributed by atoms with Crippen molar-refractivity contribution in [2.24, 2.45) is 0 Å². The molecule has 13 heavy (non-hydrogen) atoms. The lowest BCUT2D eigenvalue weighted by molar-refractivity contribution is 0.141. The normalized spacial score (nSPS) is 10.6. The number of aromatic nitrogens is 1. The van der Waals surface area contributed by atoms with E-state index in [0.29, 0.717) is 9.08 Å². The van der Waals surface area contributed by atoms with Crippen molar-refractivity contribution in [2.75, 3.05) is 7.11 Å². The molecule has 0 aliphatic carbocycles. The van der Waals surface area contributed by atoms with Gasteiger partial charge in [-0.05, 0) is 37.9 Å². The van der Waals surface area contributed by atoms with Crippen LogP contribution in [0.3, 0.4) is 0 Å². The van der Waals surface area contributed by atoms with Gasteiger partial charge in [-0.1, -0.05) is 0 Å². The van der Waals surface area contributed by atoms with Crippen LogP contribution in [0.15, 0.2) is 15.1 Å². The molecule has 6 heteroatoms. The molecule has 0 aliphatic heterocycles. The van der Waals surface area contributed by atoms with Gasteiger partial charge >= 0.3 is 0 Å². The molecule has 0 aromatic carbocycles. The zero-order valence-corrected chi connectivity index (χ0v) is 9.69. The summed E-state index contributed by atoms with van der Waals surface area (Å²) < 4.78 is 30.4. The van der Waals surface area contributed by atoms with E-state index >= 15 is 0 Å². The van der Waals surface area contributed by atoms with Gasteiger partial charge < -0.3 is 4.74 Å². The highest BCUT2D eigenvalue weighted by Gasteiger charge is 2.19. The molecule has 0 radical (unpaired) electrons. The van der Waals surface area contributed by atoms with E-state index in [4.69, 9.17) is 4.74 Å². The predicted octanol–water partition coefficient (Wildman–Crippen LogP) is 3.55. The lowest BCUT2D eigenvalue weighted by atomic mass is 10.3. The fourth-order valence-corrected chi connectivity index (χ4v) is 2.15. The third-order valence-electron chi connectivity index (χ3n) is 1.33. The second-order valence-corrected chi connectivity index (χ2v) is 3.81. The van der Waals surface area contributed by atoms with Crippen LogP contribution in [-0.2, 0) is 0 Å². The largest absolute Gasteiger partial charge is 0.493 e. The van der Waals surface area contributed by atoms with E-state index < -0.39 is 6.43 Å². The zero-order chi connectivity index (χ0) is 10.0.